The zero-order valence-corrected chi connectivity index (χ0v) is 13.7. The molecule has 2 atom stereocenters. The first-order valence-corrected chi connectivity index (χ1v) is 7.96. The highest BCUT2D eigenvalue weighted by Gasteiger charge is 2.38. The van der Waals surface area contributed by atoms with Crippen LogP contribution in [0.5, 0.6) is 0 Å². The van der Waals surface area contributed by atoms with Crippen LogP contribution < -0.4 is 10.6 Å². The standard InChI is InChI=1S/C13H19BrN2O2S/c1-13(2,3)18-12(17)16-10-5-9(10)15-6-8-4-11(14)19-7-8/h4,7,9-10,15H,5-6H2,1-3H3,(H,16,17). The second-order valence-corrected chi connectivity index (χ2v) is 8.03. The molecular weight excluding hydrogens is 328 g/mol. The number of thiophene rings is 1. The van der Waals surface area contributed by atoms with Crippen LogP contribution in [0.15, 0.2) is 15.2 Å². The topological polar surface area (TPSA) is 50.4 Å². The number of rotatable bonds is 4. The zero-order chi connectivity index (χ0) is 14.0. The average molecular weight is 347 g/mol. The maximum Gasteiger partial charge on any atom is 0.407 e. The molecule has 0 aromatic carbocycles. The van der Waals surface area contributed by atoms with Crippen molar-refractivity contribution in [3.05, 3.63) is 20.8 Å². The molecule has 1 aromatic heterocycles. The molecule has 19 heavy (non-hydrogen) atoms. The number of hydrogen-bond donors (Lipinski definition) is 2. The maximum absolute atomic E-state index is 11.6. The summed E-state index contributed by atoms with van der Waals surface area (Å²) in [6, 6.07) is 2.65. The van der Waals surface area contributed by atoms with Gasteiger partial charge in [0.15, 0.2) is 0 Å². The van der Waals surface area contributed by atoms with Crippen LogP contribution in [0.2, 0.25) is 0 Å². The monoisotopic (exact) mass is 346 g/mol. The number of ether oxygens (including phenoxy) is 1. The fraction of sp³-hybridized carbons (Fsp3) is 0.615. The lowest BCUT2D eigenvalue weighted by molar-refractivity contribution is 0.0522. The first kappa shape index (κ1) is 14.8. The molecule has 106 valence electrons. The number of carbonyl (C=O) groups is 1. The van der Waals surface area contributed by atoms with Gasteiger partial charge in [0, 0.05) is 18.6 Å². The first-order chi connectivity index (χ1) is 8.83. The summed E-state index contributed by atoms with van der Waals surface area (Å²) in [7, 11) is 0. The summed E-state index contributed by atoms with van der Waals surface area (Å²) >= 11 is 5.13. The Morgan fingerprint density at radius 3 is 2.84 bits per heavy atom. The molecule has 2 unspecified atom stereocenters. The van der Waals surface area contributed by atoms with Crippen LogP contribution in [-0.4, -0.2) is 23.8 Å². The minimum atomic E-state index is -0.440. The number of alkyl carbamates (subject to hydrolysis) is 1. The van der Waals surface area contributed by atoms with E-state index in [4.69, 9.17) is 4.74 Å². The van der Waals surface area contributed by atoms with Crippen LogP contribution in [0.3, 0.4) is 0 Å². The average Bonchev–Trinajstić information content (AvgIpc) is 2.84. The summed E-state index contributed by atoms with van der Waals surface area (Å²) in [6.07, 6.45) is 0.630. The fourth-order valence-corrected chi connectivity index (χ4v) is 2.94. The van der Waals surface area contributed by atoms with Gasteiger partial charge in [-0.2, -0.15) is 0 Å². The van der Waals surface area contributed by atoms with Crippen LogP contribution in [-0.2, 0) is 11.3 Å². The van der Waals surface area contributed by atoms with Crippen molar-refractivity contribution in [3.63, 3.8) is 0 Å². The second kappa shape index (κ2) is 5.81. The molecule has 0 bridgehead atoms. The van der Waals surface area contributed by atoms with E-state index in [2.05, 4.69) is 38.0 Å². The van der Waals surface area contributed by atoms with E-state index in [1.807, 2.05) is 20.8 Å². The molecule has 1 fully saturated rings. The van der Waals surface area contributed by atoms with Crippen molar-refractivity contribution in [1.82, 2.24) is 10.6 Å². The van der Waals surface area contributed by atoms with Gasteiger partial charge in [0.2, 0.25) is 0 Å². The molecule has 0 radical (unpaired) electrons. The van der Waals surface area contributed by atoms with Crippen molar-refractivity contribution in [3.8, 4) is 0 Å². The van der Waals surface area contributed by atoms with E-state index in [1.54, 1.807) is 11.3 Å². The molecule has 0 aliphatic heterocycles. The van der Waals surface area contributed by atoms with Crippen molar-refractivity contribution < 1.29 is 9.53 Å². The lowest BCUT2D eigenvalue weighted by atomic mass is 10.2. The zero-order valence-electron chi connectivity index (χ0n) is 11.3. The highest BCUT2D eigenvalue weighted by atomic mass is 79.9. The predicted octanol–water partition coefficient (Wildman–Crippen LogP) is 3.27. The lowest BCUT2D eigenvalue weighted by Gasteiger charge is -2.19. The van der Waals surface area contributed by atoms with Crippen LogP contribution in [0.25, 0.3) is 0 Å². The molecule has 1 saturated carbocycles. The quantitative estimate of drug-likeness (QED) is 0.879. The molecule has 0 saturated heterocycles. The second-order valence-electron chi connectivity index (χ2n) is 5.73. The molecule has 1 amide bonds. The molecule has 1 aliphatic rings. The third kappa shape index (κ3) is 5.12. The normalized spacial score (nSPS) is 22.1. The minimum Gasteiger partial charge on any atom is -0.444 e. The van der Waals surface area contributed by atoms with Crippen molar-refractivity contribution >= 4 is 33.4 Å². The van der Waals surface area contributed by atoms with Gasteiger partial charge in [-0.15, -0.1) is 11.3 Å². The molecule has 1 aliphatic carbocycles. The minimum absolute atomic E-state index is 0.192. The number of hydrogen-bond acceptors (Lipinski definition) is 4. The summed E-state index contributed by atoms with van der Waals surface area (Å²) < 4.78 is 6.36. The number of carbonyl (C=O) groups excluding carboxylic acids is 1. The summed E-state index contributed by atoms with van der Waals surface area (Å²) in [5.74, 6) is 0. The van der Waals surface area contributed by atoms with Crippen molar-refractivity contribution in [1.29, 1.82) is 0 Å². The Balaban J connectivity index is 1.66. The lowest BCUT2D eigenvalue weighted by Crippen LogP contribution is -2.36. The van der Waals surface area contributed by atoms with Gasteiger partial charge in [-0.1, -0.05) is 0 Å². The maximum atomic E-state index is 11.6. The van der Waals surface area contributed by atoms with Gasteiger partial charge >= 0.3 is 6.09 Å². The Morgan fingerprint density at radius 1 is 1.53 bits per heavy atom. The Bertz CT molecular complexity index is 456. The molecule has 6 heteroatoms. The Kier molecular flexibility index (Phi) is 4.53. The largest absolute Gasteiger partial charge is 0.444 e. The van der Waals surface area contributed by atoms with Crippen molar-refractivity contribution in [2.24, 2.45) is 0 Å². The van der Waals surface area contributed by atoms with E-state index >= 15 is 0 Å². The summed E-state index contributed by atoms with van der Waals surface area (Å²) in [5.41, 5.74) is 0.824. The van der Waals surface area contributed by atoms with Gasteiger partial charge in [0.25, 0.3) is 0 Å². The molecule has 0 spiro atoms. The molecule has 1 aromatic rings. The van der Waals surface area contributed by atoms with Gasteiger partial charge in [0.05, 0.1) is 3.79 Å². The molecule has 2 rings (SSSR count). The van der Waals surface area contributed by atoms with Crippen molar-refractivity contribution in [2.75, 3.05) is 0 Å². The van der Waals surface area contributed by atoms with Crippen LogP contribution >= 0.6 is 27.3 Å². The van der Waals surface area contributed by atoms with E-state index in [9.17, 15) is 4.79 Å². The Hall–Kier alpha value is -0.590. The first-order valence-electron chi connectivity index (χ1n) is 6.29. The smallest absolute Gasteiger partial charge is 0.407 e. The van der Waals surface area contributed by atoms with Crippen LogP contribution in [0.1, 0.15) is 32.8 Å². The van der Waals surface area contributed by atoms with E-state index in [0.29, 0.717) is 6.04 Å². The highest BCUT2D eigenvalue weighted by molar-refractivity contribution is 9.11. The van der Waals surface area contributed by atoms with Gasteiger partial charge in [-0.25, -0.2) is 4.79 Å². The van der Waals surface area contributed by atoms with E-state index in [0.717, 1.165) is 16.8 Å². The third-order valence-corrected chi connectivity index (χ3v) is 4.24. The number of amides is 1. The summed E-state index contributed by atoms with van der Waals surface area (Å²) in [6.45, 7) is 6.43. The SMILES string of the molecule is CC(C)(C)OC(=O)NC1CC1NCc1csc(Br)c1. The summed E-state index contributed by atoms with van der Waals surface area (Å²) in [4.78, 5) is 11.6. The van der Waals surface area contributed by atoms with Gasteiger partial charge < -0.3 is 15.4 Å². The van der Waals surface area contributed by atoms with Gasteiger partial charge in [-0.3, -0.25) is 0 Å². The van der Waals surface area contributed by atoms with Crippen LogP contribution in [0.4, 0.5) is 4.79 Å². The number of halogens is 1. The summed E-state index contributed by atoms with van der Waals surface area (Å²) in [5, 5.41) is 8.41. The molecular formula is C13H19BrN2O2S. The molecule has 2 N–H and O–H groups in total. The third-order valence-electron chi connectivity index (χ3n) is 2.68. The van der Waals surface area contributed by atoms with E-state index in [1.165, 1.54) is 5.56 Å². The molecule has 4 nitrogen and oxygen atoms in total. The van der Waals surface area contributed by atoms with Crippen LogP contribution in [0, 0.1) is 0 Å². The van der Waals surface area contributed by atoms with Gasteiger partial charge in [0.1, 0.15) is 5.60 Å². The Labute approximate surface area is 126 Å². The molecule has 1 heterocycles. The number of nitrogens with one attached hydrogen (secondary N) is 2. The Morgan fingerprint density at radius 2 is 2.26 bits per heavy atom. The van der Waals surface area contributed by atoms with Gasteiger partial charge in [-0.05, 0) is 60.1 Å². The highest BCUT2D eigenvalue weighted by Crippen LogP contribution is 2.24. The van der Waals surface area contributed by atoms with E-state index in [-0.39, 0.29) is 12.1 Å². The predicted molar refractivity (Wildman–Crippen MR) is 80.4 cm³/mol. The van der Waals surface area contributed by atoms with E-state index < -0.39 is 5.60 Å². The van der Waals surface area contributed by atoms with Crippen molar-refractivity contribution in [2.45, 2.75) is 51.4 Å². The fourth-order valence-electron chi connectivity index (χ4n) is 1.73.